The van der Waals surface area contributed by atoms with Crippen LogP contribution in [0.15, 0.2) is 34.7 Å². The SMILES string of the molecule is CCc1nnc(CN2CCOCC2c2c(C)nn(-c3ccccc3)c2C)o1. The van der Waals surface area contributed by atoms with Crippen LogP contribution in [-0.4, -0.2) is 44.6 Å². The van der Waals surface area contributed by atoms with E-state index < -0.39 is 0 Å². The Hall–Kier alpha value is -2.51. The topological polar surface area (TPSA) is 69.2 Å². The summed E-state index contributed by atoms with van der Waals surface area (Å²) in [6, 6.07) is 10.3. The van der Waals surface area contributed by atoms with Crippen LogP contribution in [-0.2, 0) is 17.7 Å². The van der Waals surface area contributed by atoms with Crippen molar-refractivity contribution in [1.29, 1.82) is 0 Å². The van der Waals surface area contributed by atoms with E-state index in [4.69, 9.17) is 14.3 Å². The Labute approximate surface area is 159 Å². The van der Waals surface area contributed by atoms with Gasteiger partial charge < -0.3 is 9.15 Å². The summed E-state index contributed by atoms with van der Waals surface area (Å²) < 4.78 is 13.6. The number of ether oxygens (including phenoxy) is 1. The molecule has 3 heterocycles. The van der Waals surface area contributed by atoms with Crippen LogP contribution in [0.2, 0.25) is 0 Å². The Bertz CT molecular complexity index is 902. The van der Waals surface area contributed by atoms with Gasteiger partial charge in [-0.15, -0.1) is 10.2 Å². The van der Waals surface area contributed by atoms with Gasteiger partial charge in [-0.25, -0.2) is 4.68 Å². The minimum absolute atomic E-state index is 0.119. The Balaban J connectivity index is 1.65. The Morgan fingerprint density at radius 2 is 1.89 bits per heavy atom. The standard InChI is InChI=1S/C20H25N5O2/c1-4-18-21-22-19(27-18)12-24-10-11-26-13-17(24)20-14(2)23-25(15(20)3)16-8-6-5-7-9-16/h5-9,17H,4,10-13H2,1-3H3. The molecule has 0 spiro atoms. The number of para-hydroxylation sites is 1. The van der Waals surface area contributed by atoms with E-state index in [1.54, 1.807) is 0 Å². The molecule has 7 nitrogen and oxygen atoms in total. The second-order valence-electron chi connectivity index (χ2n) is 6.84. The number of rotatable bonds is 5. The largest absolute Gasteiger partial charge is 0.424 e. The smallest absolute Gasteiger partial charge is 0.230 e. The predicted octanol–water partition coefficient (Wildman–Crippen LogP) is 3.01. The molecule has 1 aliphatic rings. The number of nitrogens with zero attached hydrogens (tertiary/aromatic N) is 5. The number of hydrogen-bond donors (Lipinski definition) is 0. The fourth-order valence-corrected chi connectivity index (χ4v) is 3.72. The number of benzene rings is 1. The highest BCUT2D eigenvalue weighted by Gasteiger charge is 2.31. The molecule has 142 valence electrons. The van der Waals surface area contributed by atoms with Crippen LogP contribution in [0, 0.1) is 13.8 Å². The Morgan fingerprint density at radius 1 is 1.11 bits per heavy atom. The van der Waals surface area contributed by atoms with Gasteiger partial charge in [0.15, 0.2) is 0 Å². The highest BCUT2D eigenvalue weighted by atomic mass is 16.5. The summed E-state index contributed by atoms with van der Waals surface area (Å²) in [5.74, 6) is 1.34. The zero-order valence-corrected chi connectivity index (χ0v) is 16.1. The van der Waals surface area contributed by atoms with Crippen molar-refractivity contribution in [1.82, 2.24) is 24.9 Å². The van der Waals surface area contributed by atoms with E-state index >= 15 is 0 Å². The number of morpholine rings is 1. The molecule has 1 aromatic carbocycles. The average Bonchev–Trinajstić information content (AvgIpc) is 3.27. The number of aromatic nitrogens is 4. The summed E-state index contributed by atoms with van der Waals surface area (Å²) in [4.78, 5) is 2.35. The van der Waals surface area contributed by atoms with Crippen LogP contribution in [0.4, 0.5) is 0 Å². The molecule has 2 aromatic heterocycles. The van der Waals surface area contributed by atoms with Crippen LogP contribution >= 0.6 is 0 Å². The second kappa shape index (κ2) is 7.62. The third kappa shape index (κ3) is 3.52. The van der Waals surface area contributed by atoms with E-state index in [-0.39, 0.29) is 6.04 Å². The normalized spacial score (nSPS) is 18.1. The van der Waals surface area contributed by atoms with Gasteiger partial charge in [0.05, 0.1) is 37.2 Å². The van der Waals surface area contributed by atoms with Gasteiger partial charge in [0.2, 0.25) is 11.8 Å². The molecule has 0 amide bonds. The van der Waals surface area contributed by atoms with Crippen molar-refractivity contribution in [3.63, 3.8) is 0 Å². The highest BCUT2D eigenvalue weighted by molar-refractivity contribution is 5.38. The third-order valence-electron chi connectivity index (χ3n) is 5.07. The molecule has 1 unspecified atom stereocenters. The summed E-state index contributed by atoms with van der Waals surface area (Å²) in [5.41, 5.74) is 4.45. The molecule has 0 bridgehead atoms. The molecule has 0 N–H and O–H groups in total. The maximum Gasteiger partial charge on any atom is 0.230 e. The highest BCUT2D eigenvalue weighted by Crippen LogP contribution is 2.31. The van der Waals surface area contributed by atoms with E-state index in [2.05, 4.69) is 41.1 Å². The lowest BCUT2D eigenvalue weighted by Crippen LogP contribution is -2.39. The van der Waals surface area contributed by atoms with Crippen molar-refractivity contribution in [3.8, 4) is 5.69 Å². The monoisotopic (exact) mass is 367 g/mol. The lowest BCUT2D eigenvalue weighted by atomic mass is 10.0. The first-order chi connectivity index (χ1) is 13.2. The fourth-order valence-electron chi connectivity index (χ4n) is 3.72. The van der Waals surface area contributed by atoms with E-state index in [0.29, 0.717) is 31.5 Å². The summed E-state index contributed by atoms with van der Waals surface area (Å²) in [6.07, 6.45) is 0.752. The molecule has 4 rings (SSSR count). The minimum Gasteiger partial charge on any atom is -0.424 e. The Kier molecular flexibility index (Phi) is 5.05. The molecule has 0 radical (unpaired) electrons. The van der Waals surface area contributed by atoms with Gasteiger partial charge in [0, 0.05) is 24.2 Å². The summed E-state index contributed by atoms with van der Waals surface area (Å²) in [6.45, 7) is 8.99. The predicted molar refractivity (Wildman–Crippen MR) is 101 cm³/mol. The first kappa shape index (κ1) is 17.9. The summed E-state index contributed by atoms with van der Waals surface area (Å²) in [7, 11) is 0. The maximum absolute atomic E-state index is 5.81. The second-order valence-corrected chi connectivity index (χ2v) is 6.84. The average molecular weight is 367 g/mol. The van der Waals surface area contributed by atoms with Gasteiger partial charge in [-0.2, -0.15) is 5.10 Å². The first-order valence-electron chi connectivity index (χ1n) is 9.42. The molecule has 27 heavy (non-hydrogen) atoms. The van der Waals surface area contributed by atoms with E-state index in [1.165, 1.54) is 5.56 Å². The molecule has 1 fully saturated rings. The fraction of sp³-hybridized carbons (Fsp3) is 0.450. The van der Waals surface area contributed by atoms with Crippen LogP contribution in [0.3, 0.4) is 0 Å². The van der Waals surface area contributed by atoms with Crippen molar-refractivity contribution < 1.29 is 9.15 Å². The van der Waals surface area contributed by atoms with Gasteiger partial charge >= 0.3 is 0 Å². The van der Waals surface area contributed by atoms with Crippen molar-refractivity contribution >= 4 is 0 Å². The van der Waals surface area contributed by atoms with Gasteiger partial charge in [0.1, 0.15) is 0 Å². The molecule has 1 saturated heterocycles. The molecular weight excluding hydrogens is 342 g/mol. The van der Waals surface area contributed by atoms with Crippen LogP contribution in [0.25, 0.3) is 5.69 Å². The van der Waals surface area contributed by atoms with E-state index in [9.17, 15) is 0 Å². The van der Waals surface area contributed by atoms with Crippen LogP contribution < -0.4 is 0 Å². The van der Waals surface area contributed by atoms with Crippen LogP contribution in [0.1, 0.15) is 41.7 Å². The van der Waals surface area contributed by atoms with Crippen molar-refractivity contribution in [2.24, 2.45) is 0 Å². The quantitative estimate of drug-likeness (QED) is 0.690. The molecule has 0 saturated carbocycles. The summed E-state index contributed by atoms with van der Waals surface area (Å²) >= 11 is 0. The maximum atomic E-state index is 5.81. The molecule has 0 aliphatic carbocycles. The van der Waals surface area contributed by atoms with Crippen molar-refractivity contribution in [2.75, 3.05) is 19.8 Å². The zero-order chi connectivity index (χ0) is 18.8. The minimum atomic E-state index is 0.119. The first-order valence-corrected chi connectivity index (χ1v) is 9.42. The molecule has 1 aliphatic heterocycles. The van der Waals surface area contributed by atoms with Crippen molar-refractivity contribution in [2.45, 2.75) is 39.8 Å². The lowest BCUT2D eigenvalue weighted by Gasteiger charge is -2.35. The van der Waals surface area contributed by atoms with Gasteiger partial charge in [-0.3, -0.25) is 4.90 Å². The lowest BCUT2D eigenvalue weighted by molar-refractivity contribution is -0.0167. The van der Waals surface area contributed by atoms with E-state index in [0.717, 1.165) is 30.0 Å². The zero-order valence-electron chi connectivity index (χ0n) is 16.1. The number of hydrogen-bond acceptors (Lipinski definition) is 6. The molecule has 1 atom stereocenters. The van der Waals surface area contributed by atoms with Crippen molar-refractivity contribution in [3.05, 3.63) is 59.1 Å². The summed E-state index contributed by atoms with van der Waals surface area (Å²) in [5, 5.41) is 13.1. The Morgan fingerprint density at radius 3 is 2.63 bits per heavy atom. The molecular formula is C20H25N5O2. The van der Waals surface area contributed by atoms with Gasteiger partial charge in [-0.05, 0) is 26.0 Å². The molecule has 3 aromatic rings. The van der Waals surface area contributed by atoms with Gasteiger partial charge in [0.25, 0.3) is 0 Å². The van der Waals surface area contributed by atoms with Crippen LogP contribution in [0.5, 0.6) is 0 Å². The third-order valence-corrected chi connectivity index (χ3v) is 5.07. The van der Waals surface area contributed by atoms with Gasteiger partial charge in [-0.1, -0.05) is 25.1 Å². The number of aryl methyl sites for hydroxylation is 2. The van der Waals surface area contributed by atoms with E-state index in [1.807, 2.05) is 29.8 Å². The molecule has 7 heteroatoms.